The van der Waals surface area contributed by atoms with Crippen LogP contribution in [0, 0.1) is 11.3 Å². The first-order valence-corrected chi connectivity index (χ1v) is 4.91. The maximum Gasteiger partial charge on any atom is 0.101 e. The Balaban J connectivity index is 2.80. The molecule has 0 aliphatic carbocycles. The van der Waals surface area contributed by atoms with Crippen molar-refractivity contribution in [2.45, 2.75) is 20.8 Å². The summed E-state index contributed by atoms with van der Waals surface area (Å²) in [5, 5.41) is 0. The largest absolute Gasteiger partial charge is 0.285 e. The molecule has 0 spiro atoms. The number of alkyl halides is 2. The fourth-order valence-electron chi connectivity index (χ4n) is 1.37. The van der Waals surface area contributed by atoms with Crippen molar-refractivity contribution in [1.29, 1.82) is 0 Å². The van der Waals surface area contributed by atoms with Gasteiger partial charge in [0.05, 0.1) is 6.54 Å². The Kier molecular flexibility index (Phi) is 3.40. The van der Waals surface area contributed by atoms with Crippen molar-refractivity contribution in [3.63, 3.8) is 0 Å². The van der Waals surface area contributed by atoms with Crippen LogP contribution in [0.15, 0.2) is 16.6 Å². The molecule has 1 nitrogen and oxygen atoms in total. The van der Waals surface area contributed by atoms with Gasteiger partial charge in [-0.3, -0.25) is 13.8 Å². The molecule has 0 atom stereocenters. The summed E-state index contributed by atoms with van der Waals surface area (Å²) in [7, 11) is 0. The minimum Gasteiger partial charge on any atom is -0.285 e. The first kappa shape index (κ1) is 11.3. The molecule has 0 saturated heterocycles. The van der Waals surface area contributed by atoms with Crippen molar-refractivity contribution in [2.75, 3.05) is 19.9 Å². The number of allylic oxidation sites excluding steroid dienone is 1. The summed E-state index contributed by atoms with van der Waals surface area (Å²) in [6.07, 6.45) is 1.85. The predicted molar refractivity (Wildman–Crippen MR) is 55.3 cm³/mol. The fraction of sp³-hybridized carbons (Fsp3) is 0.727. The van der Waals surface area contributed by atoms with Gasteiger partial charge in [-0.25, -0.2) is 0 Å². The van der Waals surface area contributed by atoms with Crippen molar-refractivity contribution in [3.05, 3.63) is 11.6 Å². The summed E-state index contributed by atoms with van der Waals surface area (Å²) in [6.45, 7) is 4.81. The highest BCUT2D eigenvalue weighted by molar-refractivity contribution is 5.99. The highest BCUT2D eigenvalue weighted by Crippen LogP contribution is 2.31. The molecular weight excluding hydrogens is 184 g/mol. The van der Waals surface area contributed by atoms with Crippen LogP contribution in [-0.2, 0) is 0 Å². The lowest BCUT2D eigenvalue weighted by Gasteiger charge is -2.23. The molecule has 0 saturated carbocycles. The van der Waals surface area contributed by atoms with Crippen molar-refractivity contribution in [2.24, 2.45) is 16.3 Å². The zero-order valence-corrected chi connectivity index (χ0v) is 8.98. The minimum absolute atomic E-state index is 0.330. The van der Waals surface area contributed by atoms with Gasteiger partial charge in [-0.15, -0.1) is 0 Å². The third-order valence-electron chi connectivity index (χ3n) is 2.71. The van der Waals surface area contributed by atoms with E-state index in [1.54, 1.807) is 6.92 Å². The van der Waals surface area contributed by atoms with Crippen molar-refractivity contribution >= 4 is 5.71 Å². The van der Waals surface area contributed by atoms with E-state index in [1.807, 2.05) is 19.9 Å². The number of halogens is 2. The standard InChI is InChI=1S/C11H17F2N/c1-8(2)10-4-9(5-14-10)11(3,6-12)7-13/h4,8H,5-7H2,1-3H3. The van der Waals surface area contributed by atoms with E-state index in [9.17, 15) is 8.78 Å². The molecule has 0 aromatic carbocycles. The number of rotatable bonds is 4. The average Bonchev–Trinajstić information content (AvgIpc) is 2.66. The first-order valence-electron chi connectivity index (χ1n) is 4.91. The zero-order chi connectivity index (χ0) is 10.8. The van der Waals surface area contributed by atoms with Gasteiger partial charge in [-0.1, -0.05) is 20.8 Å². The van der Waals surface area contributed by atoms with Crippen LogP contribution in [0.5, 0.6) is 0 Å². The van der Waals surface area contributed by atoms with Gasteiger partial charge in [-0.05, 0) is 17.6 Å². The highest BCUT2D eigenvalue weighted by atomic mass is 19.1. The summed E-state index contributed by atoms with van der Waals surface area (Å²) in [6, 6.07) is 0. The number of hydrogen-bond donors (Lipinski definition) is 0. The number of nitrogens with zero attached hydrogens (tertiary/aromatic N) is 1. The number of hydrogen-bond acceptors (Lipinski definition) is 1. The van der Waals surface area contributed by atoms with E-state index in [1.165, 1.54) is 0 Å². The maximum atomic E-state index is 12.7. The summed E-state index contributed by atoms with van der Waals surface area (Å²) in [4.78, 5) is 4.27. The number of aliphatic imine (C=N–C) groups is 1. The van der Waals surface area contributed by atoms with E-state index in [0.29, 0.717) is 12.5 Å². The molecule has 1 heterocycles. The van der Waals surface area contributed by atoms with Gasteiger partial charge >= 0.3 is 0 Å². The van der Waals surface area contributed by atoms with Gasteiger partial charge in [0.25, 0.3) is 0 Å². The molecule has 0 unspecified atom stereocenters. The first-order chi connectivity index (χ1) is 6.53. The van der Waals surface area contributed by atoms with Gasteiger partial charge in [0.15, 0.2) is 0 Å². The third kappa shape index (κ3) is 2.02. The summed E-state index contributed by atoms with van der Waals surface area (Å²) < 4.78 is 25.4. The monoisotopic (exact) mass is 201 g/mol. The van der Waals surface area contributed by atoms with Crippen LogP contribution in [0.25, 0.3) is 0 Å². The lowest BCUT2D eigenvalue weighted by molar-refractivity contribution is 0.215. The van der Waals surface area contributed by atoms with Crippen molar-refractivity contribution in [1.82, 2.24) is 0 Å². The highest BCUT2D eigenvalue weighted by Gasteiger charge is 2.31. The molecule has 0 radical (unpaired) electrons. The van der Waals surface area contributed by atoms with E-state index in [-0.39, 0.29) is 0 Å². The van der Waals surface area contributed by atoms with Crippen LogP contribution in [0.1, 0.15) is 20.8 Å². The summed E-state index contributed by atoms with van der Waals surface area (Å²) in [5.74, 6) is 0.330. The van der Waals surface area contributed by atoms with Gasteiger partial charge in [0.1, 0.15) is 13.3 Å². The quantitative estimate of drug-likeness (QED) is 0.663. The molecule has 0 amide bonds. The van der Waals surface area contributed by atoms with Gasteiger partial charge in [0, 0.05) is 11.1 Å². The van der Waals surface area contributed by atoms with Crippen LogP contribution in [0.2, 0.25) is 0 Å². The topological polar surface area (TPSA) is 12.4 Å². The summed E-state index contributed by atoms with van der Waals surface area (Å²) in [5.41, 5.74) is 0.777. The second-order valence-corrected chi connectivity index (χ2v) is 4.39. The lowest BCUT2D eigenvalue weighted by Crippen LogP contribution is -2.25. The van der Waals surface area contributed by atoms with Crippen molar-refractivity contribution < 1.29 is 8.78 Å². The Hall–Kier alpha value is -0.730. The Morgan fingerprint density at radius 1 is 1.43 bits per heavy atom. The fourth-order valence-corrected chi connectivity index (χ4v) is 1.37. The molecule has 0 bridgehead atoms. The second-order valence-electron chi connectivity index (χ2n) is 4.39. The van der Waals surface area contributed by atoms with Gasteiger partial charge < -0.3 is 0 Å². The normalized spacial score (nSPS) is 17.3. The predicted octanol–water partition coefficient (Wildman–Crippen LogP) is 2.97. The molecule has 0 fully saturated rings. The molecular formula is C11H17F2N. The molecule has 0 aromatic rings. The molecule has 80 valence electrons. The molecule has 14 heavy (non-hydrogen) atoms. The third-order valence-corrected chi connectivity index (χ3v) is 2.71. The Morgan fingerprint density at radius 2 is 2.00 bits per heavy atom. The molecule has 1 aliphatic rings. The SMILES string of the molecule is CC(C)C1=NCC(C(C)(CF)CF)=C1. The van der Waals surface area contributed by atoms with E-state index in [4.69, 9.17) is 0 Å². The molecule has 1 rings (SSSR count). The van der Waals surface area contributed by atoms with Crippen LogP contribution in [-0.4, -0.2) is 25.6 Å². The second kappa shape index (κ2) is 4.20. The maximum absolute atomic E-state index is 12.7. The van der Waals surface area contributed by atoms with E-state index >= 15 is 0 Å². The van der Waals surface area contributed by atoms with Gasteiger partial charge in [0.2, 0.25) is 0 Å². The Morgan fingerprint density at radius 3 is 2.36 bits per heavy atom. The van der Waals surface area contributed by atoms with E-state index in [2.05, 4.69) is 4.99 Å². The molecule has 0 N–H and O–H groups in total. The lowest BCUT2D eigenvalue weighted by atomic mass is 9.84. The zero-order valence-electron chi connectivity index (χ0n) is 8.98. The van der Waals surface area contributed by atoms with Crippen LogP contribution >= 0.6 is 0 Å². The van der Waals surface area contributed by atoms with Crippen molar-refractivity contribution in [3.8, 4) is 0 Å². The van der Waals surface area contributed by atoms with Crippen LogP contribution < -0.4 is 0 Å². The summed E-state index contributed by atoms with van der Waals surface area (Å²) >= 11 is 0. The van der Waals surface area contributed by atoms with Crippen LogP contribution in [0.3, 0.4) is 0 Å². The minimum atomic E-state index is -0.958. The molecule has 3 heteroatoms. The Bertz CT molecular complexity index is 262. The molecule has 0 aromatic heterocycles. The Labute approximate surface area is 83.9 Å². The van der Waals surface area contributed by atoms with Gasteiger partial charge in [-0.2, -0.15) is 0 Å². The smallest absolute Gasteiger partial charge is 0.101 e. The molecule has 1 aliphatic heterocycles. The van der Waals surface area contributed by atoms with E-state index in [0.717, 1.165) is 11.3 Å². The average molecular weight is 201 g/mol. The van der Waals surface area contributed by atoms with Crippen LogP contribution in [0.4, 0.5) is 8.78 Å². The van der Waals surface area contributed by atoms with E-state index < -0.39 is 18.8 Å².